The number of para-hydroxylation sites is 1. The molecule has 0 aromatic heterocycles. The van der Waals surface area contributed by atoms with Crippen LogP contribution in [0, 0.1) is 6.92 Å². The number of nitrogens with one attached hydrogen (secondary N) is 1. The van der Waals surface area contributed by atoms with E-state index in [9.17, 15) is 9.59 Å². The highest BCUT2D eigenvalue weighted by molar-refractivity contribution is 9.10. The molecule has 0 radical (unpaired) electrons. The summed E-state index contributed by atoms with van der Waals surface area (Å²) in [4.78, 5) is 27.6. The summed E-state index contributed by atoms with van der Waals surface area (Å²) in [6.07, 6.45) is 4.30. The van der Waals surface area contributed by atoms with Crippen molar-refractivity contribution < 1.29 is 14.3 Å². The van der Waals surface area contributed by atoms with Gasteiger partial charge in [0.05, 0.1) is 0 Å². The molecule has 30 heavy (non-hydrogen) atoms. The lowest BCUT2D eigenvalue weighted by atomic mass is 10.1. The van der Waals surface area contributed by atoms with Crippen LogP contribution in [0.1, 0.15) is 43.7 Å². The fraction of sp³-hybridized carbons (Fsp3) is 0.417. The van der Waals surface area contributed by atoms with Gasteiger partial charge in [0.2, 0.25) is 5.91 Å². The van der Waals surface area contributed by atoms with Gasteiger partial charge in [0.15, 0.2) is 6.61 Å². The van der Waals surface area contributed by atoms with Gasteiger partial charge >= 0.3 is 0 Å². The molecule has 5 nitrogen and oxygen atoms in total. The molecule has 0 spiro atoms. The lowest BCUT2D eigenvalue weighted by molar-refractivity contribution is -0.142. The molecule has 1 fully saturated rings. The summed E-state index contributed by atoms with van der Waals surface area (Å²) in [5.41, 5.74) is 1.92. The molecular formula is C24H29BrN2O3. The number of hydrogen-bond acceptors (Lipinski definition) is 3. The number of carbonyl (C=O) groups is 2. The number of nitrogens with zero attached hydrogens (tertiary/aromatic N) is 1. The summed E-state index contributed by atoms with van der Waals surface area (Å²) in [5, 5.41) is 3.11. The fourth-order valence-corrected chi connectivity index (χ4v) is 4.19. The Morgan fingerprint density at radius 2 is 1.90 bits per heavy atom. The number of benzene rings is 2. The van der Waals surface area contributed by atoms with E-state index in [-0.39, 0.29) is 24.5 Å². The van der Waals surface area contributed by atoms with Crippen LogP contribution in [-0.2, 0) is 16.1 Å². The maximum absolute atomic E-state index is 13.1. The smallest absolute Gasteiger partial charge is 0.261 e. The van der Waals surface area contributed by atoms with Crippen molar-refractivity contribution in [2.75, 3.05) is 6.61 Å². The summed E-state index contributed by atoms with van der Waals surface area (Å²) in [5.74, 6) is 0.352. The molecule has 160 valence electrons. The van der Waals surface area contributed by atoms with Gasteiger partial charge in [-0.3, -0.25) is 9.59 Å². The van der Waals surface area contributed by atoms with Crippen LogP contribution in [0.15, 0.2) is 53.0 Å². The molecule has 1 N–H and O–H groups in total. The zero-order valence-corrected chi connectivity index (χ0v) is 19.2. The number of ether oxygens (including phenoxy) is 1. The Morgan fingerprint density at radius 1 is 1.17 bits per heavy atom. The molecule has 3 rings (SSSR count). The van der Waals surface area contributed by atoms with Crippen molar-refractivity contribution in [3.63, 3.8) is 0 Å². The zero-order chi connectivity index (χ0) is 21.5. The predicted molar refractivity (Wildman–Crippen MR) is 121 cm³/mol. The van der Waals surface area contributed by atoms with E-state index in [4.69, 9.17) is 4.74 Å². The molecular weight excluding hydrogens is 444 g/mol. The van der Waals surface area contributed by atoms with Crippen molar-refractivity contribution in [2.45, 2.75) is 58.2 Å². The molecule has 0 bridgehead atoms. The Labute approximate surface area is 186 Å². The first kappa shape index (κ1) is 22.3. The van der Waals surface area contributed by atoms with Crippen LogP contribution in [0.2, 0.25) is 0 Å². The van der Waals surface area contributed by atoms with E-state index in [1.807, 2.05) is 55.5 Å². The summed E-state index contributed by atoms with van der Waals surface area (Å²) in [6, 6.07) is 15.0. The van der Waals surface area contributed by atoms with Crippen molar-refractivity contribution >= 4 is 27.7 Å². The van der Waals surface area contributed by atoms with Gasteiger partial charge in [-0.2, -0.15) is 0 Å². The predicted octanol–water partition coefficient (Wildman–Crippen LogP) is 4.61. The minimum absolute atomic E-state index is 0.110. The van der Waals surface area contributed by atoms with Crippen LogP contribution < -0.4 is 10.1 Å². The Bertz CT molecular complexity index is 880. The standard InChI is InChI=1S/C24H29BrN2O3/c1-17-8-3-6-13-22(17)30-16-23(28)27(15-19-9-7-10-20(25)14-19)18(2)24(29)26-21-11-4-5-12-21/h3,6-10,13-14,18,21H,4-5,11-12,15-16H2,1-2H3,(H,26,29)/t18-/m0/s1. The van der Waals surface area contributed by atoms with Gasteiger partial charge in [0, 0.05) is 17.1 Å². The number of carbonyl (C=O) groups excluding carboxylic acids is 2. The summed E-state index contributed by atoms with van der Waals surface area (Å²) < 4.78 is 6.71. The minimum atomic E-state index is -0.586. The molecule has 0 unspecified atom stereocenters. The van der Waals surface area contributed by atoms with Crippen molar-refractivity contribution in [2.24, 2.45) is 0 Å². The van der Waals surface area contributed by atoms with Gasteiger partial charge in [0.25, 0.3) is 5.91 Å². The van der Waals surface area contributed by atoms with E-state index in [2.05, 4.69) is 21.2 Å². The lowest BCUT2D eigenvalue weighted by Gasteiger charge is -2.29. The normalized spacial score (nSPS) is 14.9. The highest BCUT2D eigenvalue weighted by Gasteiger charge is 2.28. The molecule has 1 saturated carbocycles. The first-order valence-corrected chi connectivity index (χ1v) is 11.3. The van der Waals surface area contributed by atoms with Crippen molar-refractivity contribution in [1.82, 2.24) is 10.2 Å². The summed E-state index contributed by atoms with van der Waals surface area (Å²) in [6.45, 7) is 3.96. The van der Waals surface area contributed by atoms with E-state index < -0.39 is 6.04 Å². The van der Waals surface area contributed by atoms with Crippen LogP contribution in [0.4, 0.5) is 0 Å². The Morgan fingerprint density at radius 3 is 2.60 bits per heavy atom. The van der Waals surface area contributed by atoms with Gasteiger partial charge in [-0.1, -0.05) is 59.1 Å². The first-order valence-electron chi connectivity index (χ1n) is 10.5. The average molecular weight is 473 g/mol. The van der Waals surface area contributed by atoms with Gasteiger partial charge in [-0.15, -0.1) is 0 Å². The Kier molecular flexibility index (Phi) is 7.91. The number of halogens is 1. The van der Waals surface area contributed by atoms with Crippen molar-refractivity contribution in [3.8, 4) is 5.75 Å². The second-order valence-corrected chi connectivity index (χ2v) is 8.79. The first-order chi connectivity index (χ1) is 14.4. The molecule has 1 aliphatic rings. The maximum Gasteiger partial charge on any atom is 0.261 e. The molecule has 0 heterocycles. The van der Waals surface area contributed by atoms with E-state index >= 15 is 0 Å². The van der Waals surface area contributed by atoms with Crippen molar-refractivity contribution in [3.05, 3.63) is 64.1 Å². The third-order valence-electron chi connectivity index (χ3n) is 5.56. The monoisotopic (exact) mass is 472 g/mol. The van der Waals surface area contributed by atoms with E-state index in [0.29, 0.717) is 12.3 Å². The highest BCUT2D eigenvalue weighted by Crippen LogP contribution is 2.20. The number of rotatable bonds is 8. The van der Waals surface area contributed by atoms with Crippen LogP contribution in [0.3, 0.4) is 0 Å². The molecule has 2 aromatic rings. The number of aryl methyl sites for hydroxylation is 1. The Hall–Kier alpha value is -2.34. The van der Waals surface area contributed by atoms with E-state index in [1.165, 1.54) is 0 Å². The van der Waals surface area contributed by atoms with Gasteiger partial charge in [-0.05, 0) is 56.0 Å². The maximum atomic E-state index is 13.1. The third-order valence-corrected chi connectivity index (χ3v) is 6.05. The van der Waals surface area contributed by atoms with Gasteiger partial charge in [0.1, 0.15) is 11.8 Å². The number of hydrogen-bond donors (Lipinski definition) is 1. The van der Waals surface area contributed by atoms with Crippen molar-refractivity contribution in [1.29, 1.82) is 0 Å². The van der Waals surface area contributed by atoms with Crippen LogP contribution >= 0.6 is 15.9 Å². The Balaban J connectivity index is 1.72. The molecule has 1 aliphatic carbocycles. The second-order valence-electron chi connectivity index (χ2n) is 7.87. The van der Waals surface area contributed by atoms with Crippen LogP contribution in [0.25, 0.3) is 0 Å². The minimum Gasteiger partial charge on any atom is -0.484 e. The van der Waals surface area contributed by atoms with E-state index in [1.54, 1.807) is 11.8 Å². The topological polar surface area (TPSA) is 58.6 Å². The quantitative estimate of drug-likeness (QED) is 0.609. The van der Waals surface area contributed by atoms with Gasteiger partial charge < -0.3 is 15.0 Å². The second kappa shape index (κ2) is 10.6. The molecule has 2 amide bonds. The molecule has 6 heteroatoms. The molecule has 2 aromatic carbocycles. The lowest BCUT2D eigenvalue weighted by Crippen LogP contribution is -2.50. The van der Waals surface area contributed by atoms with Crippen LogP contribution in [0.5, 0.6) is 5.75 Å². The zero-order valence-electron chi connectivity index (χ0n) is 17.6. The largest absolute Gasteiger partial charge is 0.484 e. The highest BCUT2D eigenvalue weighted by atomic mass is 79.9. The average Bonchev–Trinajstić information content (AvgIpc) is 3.24. The molecule has 0 saturated heterocycles. The summed E-state index contributed by atoms with van der Waals surface area (Å²) >= 11 is 3.48. The SMILES string of the molecule is Cc1ccccc1OCC(=O)N(Cc1cccc(Br)c1)[C@@H](C)C(=O)NC1CCCC1. The molecule has 0 aliphatic heterocycles. The van der Waals surface area contributed by atoms with Crippen LogP contribution in [-0.4, -0.2) is 35.4 Å². The molecule has 1 atom stereocenters. The number of amides is 2. The summed E-state index contributed by atoms with van der Waals surface area (Å²) in [7, 11) is 0. The van der Waals surface area contributed by atoms with E-state index in [0.717, 1.165) is 41.3 Å². The van der Waals surface area contributed by atoms with Gasteiger partial charge in [-0.25, -0.2) is 0 Å². The third kappa shape index (κ3) is 6.08. The fourth-order valence-electron chi connectivity index (χ4n) is 3.75.